The van der Waals surface area contributed by atoms with Crippen LogP contribution in [0.3, 0.4) is 0 Å². The van der Waals surface area contributed by atoms with E-state index in [1.165, 1.54) is 6.07 Å². The average molecular weight is 255 g/mol. The number of aromatic nitrogens is 1. The summed E-state index contributed by atoms with van der Waals surface area (Å²) >= 11 is 1.12. The molecule has 84 valence electrons. The van der Waals surface area contributed by atoms with E-state index in [4.69, 9.17) is 5.84 Å². The van der Waals surface area contributed by atoms with Crippen molar-refractivity contribution < 1.29 is 8.42 Å². The Morgan fingerprint density at radius 2 is 2.06 bits per heavy atom. The molecule has 0 atom stereocenters. The molecule has 0 spiro atoms. The molecule has 0 bridgehead atoms. The summed E-state index contributed by atoms with van der Waals surface area (Å²) in [5, 5.41) is 0. The van der Waals surface area contributed by atoms with E-state index >= 15 is 0 Å². The number of hydrogen-bond donors (Lipinski definition) is 2. The van der Waals surface area contributed by atoms with Crippen molar-refractivity contribution in [3.05, 3.63) is 36.5 Å². The minimum atomic E-state index is -3.57. The first-order chi connectivity index (χ1) is 7.63. The number of hydrogen-bond acceptors (Lipinski definition) is 5. The van der Waals surface area contributed by atoms with Crippen molar-refractivity contribution >= 4 is 21.4 Å². The van der Waals surface area contributed by atoms with E-state index in [2.05, 4.69) is 4.98 Å². The molecule has 0 fully saturated rings. The highest BCUT2D eigenvalue weighted by molar-refractivity contribution is 7.91. The van der Waals surface area contributed by atoms with Crippen LogP contribution in [0.5, 0.6) is 0 Å². The minimum absolute atomic E-state index is 0.177. The predicted octanol–water partition coefficient (Wildman–Crippen LogP) is 0.962. The molecular formula is C9H9N3O2S2. The van der Waals surface area contributed by atoms with E-state index in [-0.39, 0.29) is 4.21 Å². The molecule has 0 saturated heterocycles. The smallest absolute Gasteiger partial charge is 0.257 e. The van der Waals surface area contributed by atoms with Crippen molar-refractivity contribution in [3.8, 4) is 10.6 Å². The molecule has 0 radical (unpaired) electrons. The van der Waals surface area contributed by atoms with Gasteiger partial charge in [0.2, 0.25) is 0 Å². The van der Waals surface area contributed by atoms with Gasteiger partial charge in [0.05, 0.1) is 10.6 Å². The van der Waals surface area contributed by atoms with Gasteiger partial charge in [-0.2, -0.15) is 0 Å². The molecule has 0 aromatic carbocycles. The number of rotatable bonds is 3. The Morgan fingerprint density at radius 3 is 2.69 bits per heavy atom. The van der Waals surface area contributed by atoms with Gasteiger partial charge in [-0.15, -0.1) is 16.2 Å². The van der Waals surface area contributed by atoms with Crippen molar-refractivity contribution in [2.24, 2.45) is 5.84 Å². The van der Waals surface area contributed by atoms with E-state index < -0.39 is 10.0 Å². The second kappa shape index (κ2) is 4.30. The largest absolute Gasteiger partial charge is 0.262 e. The molecule has 2 aromatic rings. The molecule has 7 heteroatoms. The topological polar surface area (TPSA) is 85.1 Å². The second-order valence-corrected chi connectivity index (χ2v) is 5.98. The number of nitrogens with two attached hydrogens (primary N) is 1. The summed E-state index contributed by atoms with van der Waals surface area (Å²) < 4.78 is 23.0. The van der Waals surface area contributed by atoms with Gasteiger partial charge in [-0.1, -0.05) is 6.07 Å². The zero-order valence-corrected chi connectivity index (χ0v) is 9.75. The van der Waals surface area contributed by atoms with E-state index in [1.54, 1.807) is 23.2 Å². The van der Waals surface area contributed by atoms with Crippen molar-refractivity contribution in [2.75, 3.05) is 0 Å². The summed E-state index contributed by atoms with van der Waals surface area (Å²) in [5.41, 5.74) is 0.742. The Bertz CT molecular complexity index is 578. The fourth-order valence-electron chi connectivity index (χ4n) is 1.17. The number of nitrogens with zero attached hydrogens (tertiary/aromatic N) is 1. The molecule has 0 saturated carbocycles. The monoisotopic (exact) mass is 255 g/mol. The Kier molecular flexibility index (Phi) is 3.01. The first-order valence-electron chi connectivity index (χ1n) is 4.37. The molecule has 2 rings (SSSR count). The molecule has 0 aliphatic rings. The zero-order valence-electron chi connectivity index (χ0n) is 8.12. The lowest BCUT2D eigenvalue weighted by Gasteiger charge is -1.96. The van der Waals surface area contributed by atoms with E-state index in [0.717, 1.165) is 21.9 Å². The van der Waals surface area contributed by atoms with Gasteiger partial charge in [0.1, 0.15) is 4.21 Å². The average Bonchev–Trinajstić information content (AvgIpc) is 2.80. The Balaban J connectivity index is 2.42. The van der Waals surface area contributed by atoms with Crippen LogP contribution in [0.2, 0.25) is 0 Å². The molecule has 0 aliphatic heterocycles. The molecule has 2 aromatic heterocycles. The van der Waals surface area contributed by atoms with Crippen molar-refractivity contribution in [2.45, 2.75) is 4.21 Å². The van der Waals surface area contributed by atoms with Crippen molar-refractivity contribution in [3.63, 3.8) is 0 Å². The van der Waals surface area contributed by atoms with Crippen LogP contribution in [0.4, 0.5) is 0 Å². The molecular weight excluding hydrogens is 246 g/mol. The predicted molar refractivity (Wildman–Crippen MR) is 62.1 cm³/mol. The highest BCUT2D eigenvalue weighted by atomic mass is 32.2. The Hall–Kier alpha value is -1.28. The minimum Gasteiger partial charge on any atom is -0.257 e. The number of nitrogens with one attached hydrogen (secondary N) is 1. The standard InChI is InChI=1S/C9H9N3O2S2/c10-12-16(13,14)9-5-4-8(15-9)7-3-1-2-6-11-7/h1-6,12H,10H2. The molecule has 3 N–H and O–H groups in total. The molecule has 16 heavy (non-hydrogen) atoms. The van der Waals surface area contributed by atoms with Crippen LogP contribution >= 0.6 is 11.3 Å². The third kappa shape index (κ3) is 2.12. The summed E-state index contributed by atoms with van der Waals surface area (Å²) in [6.45, 7) is 0. The molecule has 0 amide bonds. The zero-order chi connectivity index (χ0) is 11.6. The molecule has 0 unspecified atom stereocenters. The van der Waals surface area contributed by atoms with Gasteiger partial charge in [0, 0.05) is 6.20 Å². The van der Waals surface area contributed by atoms with Gasteiger partial charge in [0.25, 0.3) is 10.0 Å². The molecule has 2 heterocycles. The lowest BCUT2D eigenvalue weighted by atomic mass is 10.3. The molecule has 0 aliphatic carbocycles. The van der Waals surface area contributed by atoms with E-state index in [0.29, 0.717) is 0 Å². The third-order valence-electron chi connectivity index (χ3n) is 1.92. The number of sulfonamides is 1. The first-order valence-corrected chi connectivity index (χ1v) is 6.67. The van der Waals surface area contributed by atoms with Gasteiger partial charge in [-0.05, 0) is 24.3 Å². The first kappa shape index (κ1) is 11.2. The normalized spacial score (nSPS) is 11.6. The summed E-state index contributed by atoms with van der Waals surface area (Å²) in [7, 11) is -3.57. The van der Waals surface area contributed by atoms with E-state index in [9.17, 15) is 8.42 Å². The number of hydrazine groups is 1. The van der Waals surface area contributed by atoms with Crippen LogP contribution in [0, 0.1) is 0 Å². The summed E-state index contributed by atoms with van der Waals surface area (Å²) in [4.78, 5) is 6.71. The summed E-state index contributed by atoms with van der Waals surface area (Å²) in [6, 6.07) is 8.67. The van der Waals surface area contributed by atoms with Crippen LogP contribution in [0.1, 0.15) is 0 Å². The SMILES string of the molecule is NNS(=O)(=O)c1ccc(-c2ccccn2)s1. The Labute approximate surface area is 97.0 Å². The van der Waals surface area contributed by atoms with Crippen LogP contribution in [0.25, 0.3) is 10.6 Å². The van der Waals surface area contributed by atoms with Gasteiger partial charge in [-0.3, -0.25) is 10.8 Å². The van der Waals surface area contributed by atoms with Crippen LogP contribution in [0.15, 0.2) is 40.7 Å². The third-order valence-corrected chi connectivity index (χ3v) is 4.71. The van der Waals surface area contributed by atoms with Crippen LogP contribution in [-0.4, -0.2) is 13.4 Å². The maximum Gasteiger partial charge on any atom is 0.262 e. The van der Waals surface area contributed by atoms with Crippen LogP contribution in [-0.2, 0) is 10.0 Å². The lowest BCUT2D eigenvalue weighted by Crippen LogP contribution is -2.29. The van der Waals surface area contributed by atoms with Crippen molar-refractivity contribution in [1.82, 2.24) is 9.82 Å². The van der Waals surface area contributed by atoms with E-state index in [1.807, 2.05) is 12.1 Å². The fourth-order valence-corrected chi connectivity index (χ4v) is 3.10. The summed E-state index contributed by atoms with van der Waals surface area (Å²) in [6.07, 6.45) is 1.66. The maximum atomic E-state index is 11.4. The quantitative estimate of drug-likeness (QED) is 0.632. The van der Waals surface area contributed by atoms with Gasteiger partial charge < -0.3 is 0 Å². The fraction of sp³-hybridized carbons (Fsp3) is 0. The highest BCUT2D eigenvalue weighted by Gasteiger charge is 2.15. The van der Waals surface area contributed by atoms with Crippen molar-refractivity contribution in [1.29, 1.82) is 0 Å². The van der Waals surface area contributed by atoms with Gasteiger partial charge in [-0.25, -0.2) is 8.42 Å². The van der Waals surface area contributed by atoms with Gasteiger partial charge in [0.15, 0.2) is 0 Å². The maximum absolute atomic E-state index is 11.4. The Morgan fingerprint density at radius 1 is 1.25 bits per heavy atom. The van der Waals surface area contributed by atoms with Gasteiger partial charge >= 0.3 is 0 Å². The second-order valence-electron chi connectivity index (χ2n) is 2.95. The number of thiophene rings is 1. The number of pyridine rings is 1. The molecule has 5 nitrogen and oxygen atoms in total. The highest BCUT2D eigenvalue weighted by Crippen LogP contribution is 2.28. The summed E-state index contributed by atoms with van der Waals surface area (Å²) in [5.74, 6) is 4.94. The van der Waals surface area contributed by atoms with Crippen LogP contribution < -0.4 is 10.7 Å². The lowest BCUT2D eigenvalue weighted by molar-refractivity contribution is 0.586.